The zero-order chi connectivity index (χ0) is 14.9. The molecule has 106 valence electrons. The van der Waals surface area contributed by atoms with Crippen LogP contribution in [0.15, 0.2) is 72.8 Å². The summed E-state index contributed by atoms with van der Waals surface area (Å²) >= 11 is 0. The van der Waals surface area contributed by atoms with E-state index in [1.807, 2.05) is 12.1 Å². The molecule has 0 fully saturated rings. The molecule has 4 rings (SSSR count). The fourth-order valence-electron chi connectivity index (χ4n) is 2.80. The van der Waals surface area contributed by atoms with Gasteiger partial charge in [-0.05, 0) is 42.1 Å². The molecule has 1 aromatic heterocycles. The van der Waals surface area contributed by atoms with Crippen molar-refractivity contribution < 1.29 is 0 Å². The van der Waals surface area contributed by atoms with Gasteiger partial charge in [0.1, 0.15) is 5.82 Å². The number of nitrogens with zero attached hydrogens (tertiary/aromatic N) is 1. The molecule has 2 nitrogen and oxygen atoms in total. The fraction of sp³-hybridized carbons (Fsp3) is 0.0500. The van der Waals surface area contributed by atoms with Gasteiger partial charge in [-0.1, -0.05) is 48.5 Å². The maximum absolute atomic E-state index is 4.82. The number of aromatic nitrogens is 1. The van der Waals surface area contributed by atoms with Crippen LogP contribution in [-0.4, -0.2) is 4.98 Å². The summed E-state index contributed by atoms with van der Waals surface area (Å²) in [5.74, 6) is 0.870. The zero-order valence-electron chi connectivity index (χ0n) is 12.4. The lowest BCUT2D eigenvalue weighted by atomic mass is 10.1. The van der Waals surface area contributed by atoms with Gasteiger partial charge < -0.3 is 5.32 Å². The van der Waals surface area contributed by atoms with Crippen LogP contribution in [0.25, 0.3) is 21.7 Å². The van der Waals surface area contributed by atoms with Crippen LogP contribution >= 0.6 is 0 Å². The Hall–Kier alpha value is -2.87. The number of nitrogens with one attached hydrogen (secondary N) is 1. The van der Waals surface area contributed by atoms with E-state index in [2.05, 4.69) is 72.9 Å². The minimum atomic E-state index is 0.870. The third-order valence-corrected chi connectivity index (χ3v) is 3.88. The Morgan fingerprint density at radius 1 is 0.773 bits per heavy atom. The highest BCUT2D eigenvalue weighted by atomic mass is 15.0. The van der Waals surface area contributed by atoms with Crippen LogP contribution in [0, 0.1) is 6.92 Å². The second-order valence-corrected chi connectivity index (χ2v) is 5.55. The van der Waals surface area contributed by atoms with Crippen LogP contribution < -0.4 is 5.32 Å². The number of anilines is 2. The van der Waals surface area contributed by atoms with Gasteiger partial charge >= 0.3 is 0 Å². The van der Waals surface area contributed by atoms with E-state index in [9.17, 15) is 0 Å². The van der Waals surface area contributed by atoms with Crippen molar-refractivity contribution in [2.45, 2.75) is 6.92 Å². The van der Waals surface area contributed by atoms with Gasteiger partial charge in [-0.15, -0.1) is 0 Å². The van der Waals surface area contributed by atoms with Crippen LogP contribution in [0.4, 0.5) is 11.5 Å². The minimum absolute atomic E-state index is 0.870. The van der Waals surface area contributed by atoms with E-state index in [-0.39, 0.29) is 0 Å². The van der Waals surface area contributed by atoms with Gasteiger partial charge in [-0.2, -0.15) is 0 Å². The standard InChI is InChI=1S/C20H16N2/c1-14-5-4-7-17(13-14)21-19-12-11-16-10-9-15-6-2-3-8-18(15)20(16)22-19/h2-13H,1H3,(H,21,22). The summed E-state index contributed by atoms with van der Waals surface area (Å²) < 4.78 is 0. The first-order valence-electron chi connectivity index (χ1n) is 7.42. The Kier molecular flexibility index (Phi) is 3.01. The second kappa shape index (κ2) is 5.15. The molecule has 2 heteroatoms. The summed E-state index contributed by atoms with van der Waals surface area (Å²) in [4.78, 5) is 4.82. The molecule has 0 aliphatic rings. The third-order valence-electron chi connectivity index (χ3n) is 3.88. The summed E-state index contributed by atoms with van der Waals surface area (Å²) in [5, 5.41) is 6.96. The lowest BCUT2D eigenvalue weighted by Crippen LogP contribution is -1.94. The molecule has 0 saturated heterocycles. The molecule has 0 aliphatic carbocycles. The maximum Gasteiger partial charge on any atom is 0.131 e. The van der Waals surface area contributed by atoms with Gasteiger partial charge in [0, 0.05) is 16.5 Å². The van der Waals surface area contributed by atoms with Crippen LogP contribution in [-0.2, 0) is 0 Å². The SMILES string of the molecule is Cc1cccc(Nc2ccc3ccc4ccccc4c3n2)c1. The normalized spacial score (nSPS) is 11.0. The monoisotopic (exact) mass is 284 g/mol. The van der Waals surface area contributed by atoms with Crippen molar-refractivity contribution in [3.05, 3.63) is 78.4 Å². The van der Waals surface area contributed by atoms with E-state index in [0.717, 1.165) is 22.4 Å². The van der Waals surface area contributed by atoms with Gasteiger partial charge in [0.05, 0.1) is 5.52 Å². The number of aryl methyl sites for hydroxylation is 1. The van der Waals surface area contributed by atoms with Crippen molar-refractivity contribution in [1.82, 2.24) is 4.98 Å². The van der Waals surface area contributed by atoms with Crippen molar-refractivity contribution >= 4 is 33.2 Å². The Balaban J connectivity index is 1.84. The van der Waals surface area contributed by atoms with E-state index in [1.165, 1.54) is 16.3 Å². The molecule has 0 spiro atoms. The molecule has 1 N–H and O–H groups in total. The first-order chi connectivity index (χ1) is 10.8. The number of pyridine rings is 1. The molecule has 0 atom stereocenters. The Morgan fingerprint density at radius 2 is 1.59 bits per heavy atom. The predicted octanol–water partition coefficient (Wildman–Crippen LogP) is 5.44. The summed E-state index contributed by atoms with van der Waals surface area (Å²) in [6.45, 7) is 2.09. The molecule has 0 saturated carbocycles. The average Bonchev–Trinajstić information content (AvgIpc) is 2.55. The average molecular weight is 284 g/mol. The highest BCUT2D eigenvalue weighted by molar-refractivity contribution is 6.05. The number of rotatable bonds is 2. The zero-order valence-corrected chi connectivity index (χ0v) is 12.4. The summed E-state index contributed by atoms with van der Waals surface area (Å²) in [6.07, 6.45) is 0. The largest absolute Gasteiger partial charge is 0.340 e. The molecule has 1 heterocycles. The topological polar surface area (TPSA) is 24.9 Å². The molecule has 0 unspecified atom stereocenters. The maximum atomic E-state index is 4.82. The predicted molar refractivity (Wildman–Crippen MR) is 93.7 cm³/mol. The van der Waals surface area contributed by atoms with Gasteiger partial charge in [0.2, 0.25) is 0 Å². The molecule has 0 aliphatic heterocycles. The Bertz CT molecular complexity index is 973. The number of benzene rings is 3. The van der Waals surface area contributed by atoms with E-state index < -0.39 is 0 Å². The van der Waals surface area contributed by atoms with E-state index in [1.54, 1.807) is 0 Å². The molecule has 22 heavy (non-hydrogen) atoms. The molecule has 0 amide bonds. The Morgan fingerprint density at radius 3 is 2.50 bits per heavy atom. The summed E-state index contributed by atoms with van der Waals surface area (Å²) in [7, 11) is 0. The van der Waals surface area contributed by atoms with Gasteiger partial charge in [0.15, 0.2) is 0 Å². The Labute approximate surface area is 129 Å². The third kappa shape index (κ3) is 2.29. The number of hydrogen-bond acceptors (Lipinski definition) is 2. The number of hydrogen-bond donors (Lipinski definition) is 1. The fourth-order valence-corrected chi connectivity index (χ4v) is 2.80. The van der Waals surface area contributed by atoms with E-state index in [4.69, 9.17) is 4.98 Å². The lowest BCUT2D eigenvalue weighted by Gasteiger charge is -2.09. The van der Waals surface area contributed by atoms with Crippen molar-refractivity contribution in [3.8, 4) is 0 Å². The van der Waals surface area contributed by atoms with Gasteiger partial charge in [-0.3, -0.25) is 0 Å². The smallest absolute Gasteiger partial charge is 0.131 e. The molecule has 0 bridgehead atoms. The quantitative estimate of drug-likeness (QED) is 0.496. The number of fused-ring (bicyclic) bond motifs is 3. The summed E-state index contributed by atoms with van der Waals surface area (Å²) in [6, 6.07) is 25.1. The first-order valence-corrected chi connectivity index (χ1v) is 7.42. The van der Waals surface area contributed by atoms with E-state index in [0.29, 0.717) is 0 Å². The van der Waals surface area contributed by atoms with E-state index >= 15 is 0 Å². The van der Waals surface area contributed by atoms with Crippen molar-refractivity contribution in [2.24, 2.45) is 0 Å². The highest BCUT2D eigenvalue weighted by Gasteiger charge is 2.03. The van der Waals surface area contributed by atoms with Gasteiger partial charge in [0.25, 0.3) is 0 Å². The molecular weight excluding hydrogens is 268 g/mol. The van der Waals surface area contributed by atoms with Crippen molar-refractivity contribution in [3.63, 3.8) is 0 Å². The molecule has 4 aromatic rings. The van der Waals surface area contributed by atoms with Crippen LogP contribution in [0.2, 0.25) is 0 Å². The molecule has 3 aromatic carbocycles. The van der Waals surface area contributed by atoms with Crippen LogP contribution in [0.5, 0.6) is 0 Å². The highest BCUT2D eigenvalue weighted by Crippen LogP contribution is 2.26. The van der Waals surface area contributed by atoms with Gasteiger partial charge in [-0.25, -0.2) is 4.98 Å². The lowest BCUT2D eigenvalue weighted by molar-refractivity contribution is 1.37. The van der Waals surface area contributed by atoms with Crippen LogP contribution in [0.1, 0.15) is 5.56 Å². The molecular formula is C20H16N2. The van der Waals surface area contributed by atoms with Crippen molar-refractivity contribution in [1.29, 1.82) is 0 Å². The van der Waals surface area contributed by atoms with Crippen LogP contribution in [0.3, 0.4) is 0 Å². The molecule has 0 radical (unpaired) electrons. The second-order valence-electron chi connectivity index (χ2n) is 5.55. The summed E-state index contributed by atoms with van der Waals surface area (Å²) in [5.41, 5.74) is 3.33. The van der Waals surface area contributed by atoms with Crippen molar-refractivity contribution in [2.75, 3.05) is 5.32 Å². The first kappa shape index (κ1) is 12.8. The minimum Gasteiger partial charge on any atom is -0.340 e.